The number of hydrogen-bond donors (Lipinski definition) is 1. The molecule has 1 unspecified atom stereocenters. The average molecular weight is 393 g/mol. The van der Waals surface area contributed by atoms with Crippen LogP contribution in [0.25, 0.3) is 0 Å². The van der Waals surface area contributed by atoms with Crippen LogP contribution in [0, 0.1) is 2.88 Å². The van der Waals surface area contributed by atoms with Crippen molar-refractivity contribution in [3.05, 3.63) is 36.0 Å². The zero-order valence-corrected chi connectivity index (χ0v) is 14.4. The van der Waals surface area contributed by atoms with Crippen LogP contribution >= 0.6 is 45.3 Å². The van der Waals surface area contributed by atoms with Gasteiger partial charge in [-0.2, -0.15) is 0 Å². The Kier molecular flexibility index (Phi) is 4.46. The molecule has 0 aromatic carbocycles. The lowest BCUT2D eigenvalue weighted by Crippen LogP contribution is -2.11. The Balaban J connectivity index is 2.08. The van der Waals surface area contributed by atoms with Gasteiger partial charge in [0, 0.05) is 17.2 Å². The van der Waals surface area contributed by atoms with Crippen molar-refractivity contribution in [3.63, 3.8) is 0 Å². The third-order valence-electron chi connectivity index (χ3n) is 2.66. The van der Waals surface area contributed by atoms with Crippen LogP contribution in [0.5, 0.6) is 0 Å². The molecule has 1 N–H and O–H groups in total. The van der Waals surface area contributed by atoms with E-state index >= 15 is 0 Å². The second kappa shape index (κ2) is 5.56. The smallest absolute Gasteiger partial charge is 0.0957 e. The number of aliphatic hydroxyl groups excluding tert-OH is 1. The van der Waals surface area contributed by atoms with E-state index < -0.39 is 6.10 Å². The minimum atomic E-state index is -0.441. The summed E-state index contributed by atoms with van der Waals surface area (Å²) in [5, 5.41) is 15.3. The summed E-state index contributed by atoms with van der Waals surface area (Å²) in [6, 6.07) is 2.04. The van der Waals surface area contributed by atoms with E-state index in [2.05, 4.69) is 53.7 Å². The fourth-order valence-electron chi connectivity index (χ4n) is 1.53. The lowest BCUT2D eigenvalue weighted by atomic mass is 9.93. The maximum atomic E-state index is 10.2. The molecule has 2 heterocycles. The van der Waals surface area contributed by atoms with Crippen LogP contribution in [0.1, 0.15) is 43.1 Å². The molecule has 2 aromatic rings. The van der Waals surface area contributed by atoms with Crippen molar-refractivity contribution < 1.29 is 5.11 Å². The average Bonchev–Trinajstić information content (AvgIpc) is 2.85. The molecule has 5 heteroatoms. The summed E-state index contributed by atoms with van der Waals surface area (Å²) in [6.45, 7) is 6.47. The summed E-state index contributed by atoms with van der Waals surface area (Å²) in [6.07, 6.45) is 0.164. The van der Waals surface area contributed by atoms with Gasteiger partial charge in [-0.15, -0.1) is 22.7 Å². The molecule has 0 saturated carbocycles. The fraction of sp³-hybridized carbons (Fsp3) is 0.462. The molecule has 2 nitrogen and oxygen atoms in total. The number of rotatable bonds is 3. The van der Waals surface area contributed by atoms with Gasteiger partial charge in [-0.1, -0.05) is 20.8 Å². The minimum absolute atomic E-state index is 0.0808. The lowest BCUT2D eigenvalue weighted by Gasteiger charge is -2.14. The van der Waals surface area contributed by atoms with Crippen LogP contribution in [-0.2, 0) is 11.8 Å². The zero-order valence-electron chi connectivity index (χ0n) is 10.6. The Morgan fingerprint density at radius 3 is 2.56 bits per heavy atom. The molecule has 1 atom stereocenters. The molecule has 2 aromatic heterocycles. The topological polar surface area (TPSA) is 33.1 Å². The van der Waals surface area contributed by atoms with Crippen molar-refractivity contribution in [2.24, 2.45) is 0 Å². The van der Waals surface area contributed by atoms with Gasteiger partial charge >= 0.3 is 0 Å². The Bertz CT molecular complexity index is 527. The van der Waals surface area contributed by atoms with Crippen molar-refractivity contribution in [2.45, 2.75) is 38.7 Å². The first kappa shape index (κ1) is 14.4. The molecule has 0 aliphatic rings. The number of aliphatic hydroxyl groups is 1. The van der Waals surface area contributed by atoms with Gasteiger partial charge in [-0.3, -0.25) is 0 Å². The summed E-state index contributed by atoms with van der Waals surface area (Å²) in [5.74, 6) is 0. The maximum absolute atomic E-state index is 10.2. The van der Waals surface area contributed by atoms with Gasteiger partial charge in [-0.05, 0) is 39.6 Å². The van der Waals surface area contributed by atoms with Crippen LogP contribution in [-0.4, -0.2) is 10.1 Å². The van der Waals surface area contributed by atoms with E-state index in [1.54, 1.807) is 22.7 Å². The maximum Gasteiger partial charge on any atom is 0.0957 e. The highest BCUT2D eigenvalue weighted by Gasteiger charge is 2.19. The molecular formula is C13H16INOS2. The van der Waals surface area contributed by atoms with E-state index in [1.807, 2.05) is 11.4 Å². The third-order valence-corrected chi connectivity index (χ3v) is 5.34. The molecule has 18 heavy (non-hydrogen) atoms. The first-order valence-electron chi connectivity index (χ1n) is 5.73. The Morgan fingerprint density at radius 2 is 2.06 bits per heavy atom. The standard InChI is InChI=1S/C13H16INOS2/c1-13(2,3)10-7-18-12(15-10)5-9(16)8-4-11(14)17-6-8/h4,6-7,9,16H,5H2,1-3H3. The Labute approximate surface area is 129 Å². The van der Waals surface area contributed by atoms with E-state index in [4.69, 9.17) is 0 Å². The number of thiazole rings is 1. The van der Waals surface area contributed by atoms with Crippen LogP contribution in [0.3, 0.4) is 0 Å². The SMILES string of the molecule is CC(C)(C)c1csc(CC(O)c2csc(I)c2)n1. The van der Waals surface area contributed by atoms with Crippen molar-refractivity contribution >= 4 is 45.3 Å². The van der Waals surface area contributed by atoms with E-state index in [9.17, 15) is 5.11 Å². The van der Waals surface area contributed by atoms with Gasteiger partial charge in [0.1, 0.15) is 0 Å². The molecule has 0 fully saturated rings. The molecule has 0 saturated heterocycles. The van der Waals surface area contributed by atoms with E-state index in [0.717, 1.165) is 16.3 Å². The minimum Gasteiger partial charge on any atom is -0.388 e. The molecule has 98 valence electrons. The predicted octanol–water partition coefficient (Wildman–Crippen LogP) is 4.38. The summed E-state index contributed by atoms with van der Waals surface area (Å²) < 4.78 is 1.20. The largest absolute Gasteiger partial charge is 0.388 e. The van der Waals surface area contributed by atoms with Gasteiger partial charge in [-0.25, -0.2) is 4.98 Å². The molecule has 0 spiro atoms. The van der Waals surface area contributed by atoms with E-state index in [0.29, 0.717) is 6.42 Å². The molecule has 0 radical (unpaired) electrons. The summed E-state index contributed by atoms with van der Waals surface area (Å²) in [7, 11) is 0. The molecule has 0 bridgehead atoms. The zero-order chi connectivity index (χ0) is 13.3. The molecule has 0 aliphatic carbocycles. The van der Waals surface area contributed by atoms with Crippen LogP contribution < -0.4 is 0 Å². The quantitative estimate of drug-likeness (QED) is 0.785. The van der Waals surface area contributed by atoms with Crippen molar-refractivity contribution in [2.75, 3.05) is 0 Å². The van der Waals surface area contributed by atoms with Gasteiger partial charge in [0.25, 0.3) is 0 Å². The molecular weight excluding hydrogens is 377 g/mol. The fourth-order valence-corrected chi connectivity index (χ4v) is 4.01. The van der Waals surface area contributed by atoms with Crippen LogP contribution in [0.15, 0.2) is 16.8 Å². The van der Waals surface area contributed by atoms with E-state index in [-0.39, 0.29) is 5.41 Å². The van der Waals surface area contributed by atoms with Crippen molar-refractivity contribution in [1.82, 2.24) is 4.98 Å². The van der Waals surface area contributed by atoms with Gasteiger partial charge in [0.05, 0.1) is 19.7 Å². The Morgan fingerprint density at radius 1 is 1.33 bits per heavy atom. The first-order chi connectivity index (χ1) is 8.36. The predicted molar refractivity (Wildman–Crippen MR) is 86.5 cm³/mol. The number of hydrogen-bond acceptors (Lipinski definition) is 4. The second-order valence-electron chi connectivity index (χ2n) is 5.28. The molecule has 0 aliphatic heterocycles. The highest BCUT2D eigenvalue weighted by atomic mass is 127. The van der Waals surface area contributed by atoms with Crippen molar-refractivity contribution in [3.8, 4) is 0 Å². The lowest BCUT2D eigenvalue weighted by molar-refractivity contribution is 0.178. The second-order valence-corrected chi connectivity index (χ2v) is 9.03. The number of thiophene rings is 1. The van der Waals surface area contributed by atoms with Gasteiger partial charge < -0.3 is 5.11 Å². The van der Waals surface area contributed by atoms with E-state index in [1.165, 1.54) is 2.88 Å². The summed E-state index contributed by atoms with van der Waals surface area (Å²) >= 11 is 5.57. The normalized spacial score (nSPS) is 13.8. The molecule has 0 amide bonds. The molecule has 2 rings (SSSR count). The summed E-state index contributed by atoms with van der Waals surface area (Å²) in [5.41, 5.74) is 2.18. The van der Waals surface area contributed by atoms with Crippen LogP contribution in [0.4, 0.5) is 0 Å². The van der Waals surface area contributed by atoms with Gasteiger partial charge in [0.2, 0.25) is 0 Å². The number of aromatic nitrogens is 1. The first-order valence-corrected chi connectivity index (χ1v) is 8.57. The number of halogens is 1. The van der Waals surface area contributed by atoms with Gasteiger partial charge in [0.15, 0.2) is 0 Å². The third kappa shape index (κ3) is 3.53. The highest BCUT2D eigenvalue weighted by molar-refractivity contribution is 14.1. The number of nitrogens with zero attached hydrogens (tertiary/aromatic N) is 1. The van der Waals surface area contributed by atoms with Crippen LogP contribution in [0.2, 0.25) is 0 Å². The summed E-state index contributed by atoms with van der Waals surface area (Å²) in [4.78, 5) is 4.61. The highest BCUT2D eigenvalue weighted by Crippen LogP contribution is 2.28. The van der Waals surface area contributed by atoms with Crippen molar-refractivity contribution in [1.29, 1.82) is 0 Å². The Hall–Kier alpha value is 0.0200. The monoisotopic (exact) mass is 393 g/mol.